The van der Waals surface area contributed by atoms with Crippen LogP contribution in [0.3, 0.4) is 0 Å². The Labute approximate surface area is 167 Å². The van der Waals surface area contributed by atoms with Crippen molar-refractivity contribution in [2.45, 2.75) is 13.5 Å². The summed E-state index contributed by atoms with van der Waals surface area (Å²) in [6, 6.07) is 12.6. The van der Waals surface area contributed by atoms with Gasteiger partial charge in [0.25, 0.3) is 5.91 Å². The van der Waals surface area contributed by atoms with Crippen LogP contribution < -0.4 is 14.4 Å². The number of hydrogen-bond donors (Lipinski definition) is 1. The molecule has 2 heterocycles. The second-order valence-corrected chi connectivity index (χ2v) is 6.93. The third kappa shape index (κ3) is 3.10. The molecule has 1 amide bonds. The topological polar surface area (TPSA) is 63.9 Å². The maximum Gasteiger partial charge on any atom is 0.258 e. The van der Waals surface area contributed by atoms with Crippen LogP contribution >= 0.6 is 11.6 Å². The van der Waals surface area contributed by atoms with Gasteiger partial charge in [-0.05, 0) is 42.8 Å². The number of carbonyl (C=O) groups is 1. The molecule has 0 saturated carbocycles. The number of aromatic nitrogens is 1. The zero-order valence-electron chi connectivity index (χ0n) is 15.5. The quantitative estimate of drug-likeness (QED) is 0.723. The lowest BCUT2D eigenvalue weighted by Crippen LogP contribution is -2.26. The lowest BCUT2D eigenvalue weighted by Gasteiger charge is -2.18. The van der Waals surface area contributed by atoms with Gasteiger partial charge in [-0.2, -0.15) is 0 Å². The zero-order valence-corrected chi connectivity index (χ0v) is 16.2. The number of carbonyl (C=O) groups excluding carboxylic acids is 1. The van der Waals surface area contributed by atoms with Crippen molar-refractivity contribution in [1.82, 2.24) is 4.57 Å². The number of hydrogen-bond acceptors (Lipinski definition) is 4. The van der Waals surface area contributed by atoms with Gasteiger partial charge in [-0.1, -0.05) is 17.7 Å². The molecule has 3 aromatic rings. The zero-order chi connectivity index (χ0) is 19.8. The van der Waals surface area contributed by atoms with E-state index in [0.717, 1.165) is 11.3 Å². The SMILES string of the molecule is Cc1cn(-c2cccc(C(=O)N(C)c3ccc4c(c3)OCO4)c2)c(CO)c1Cl. The van der Waals surface area contributed by atoms with Crippen molar-refractivity contribution in [1.29, 1.82) is 0 Å². The molecule has 28 heavy (non-hydrogen) atoms. The summed E-state index contributed by atoms with van der Waals surface area (Å²) in [5.41, 5.74) is 3.43. The van der Waals surface area contributed by atoms with Gasteiger partial charge in [-0.15, -0.1) is 0 Å². The smallest absolute Gasteiger partial charge is 0.258 e. The van der Waals surface area contributed by atoms with Crippen molar-refractivity contribution in [3.63, 3.8) is 0 Å². The number of nitrogens with zero attached hydrogens (tertiary/aromatic N) is 2. The Kier molecular flexibility index (Phi) is 4.75. The average molecular weight is 399 g/mol. The Morgan fingerprint density at radius 1 is 1.21 bits per heavy atom. The highest BCUT2D eigenvalue weighted by molar-refractivity contribution is 6.32. The summed E-state index contributed by atoms with van der Waals surface area (Å²) in [7, 11) is 1.71. The Morgan fingerprint density at radius 3 is 2.79 bits per heavy atom. The van der Waals surface area contributed by atoms with Gasteiger partial charge in [0.15, 0.2) is 11.5 Å². The van der Waals surface area contributed by atoms with Crippen molar-refractivity contribution < 1.29 is 19.4 Å². The summed E-state index contributed by atoms with van der Waals surface area (Å²) in [4.78, 5) is 14.6. The van der Waals surface area contributed by atoms with E-state index in [2.05, 4.69) is 0 Å². The molecule has 0 radical (unpaired) electrons. The molecule has 1 aromatic heterocycles. The second kappa shape index (κ2) is 7.22. The molecule has 0 bridgehead atoms. The van der Waals surface area contributed by atoms with E-state index in [9.17, 15) is 9.90 Å². The van der Waals surface area contributed by atoms with Crippen LogP contribution in [-0.2, 0) is 6.61 Å². The van der Waals surface area contributed by atoms with E-state index >= 15 is 0 Å². The molecule has 0 saturated heterocycles. The minimum atomic E-state index is -0.193. The number of ether oxygens (including phenoxy) is 2. The van der Waals surface area contributed by atoms with Crippen LogP contribution in [0.4, 0.5) is 5.69 Å². The van der Waals surface area contributed by atoms with Gasteiger partial charge in [0.1, 0.15) is 0 Å². The molecule has 6 nitrogen and oxygen atoms in total. The number of halogens is 1. The monoisotopic (exact) mass is 398 g/mol. The maximum atomic E-state index is 13.0. The molecule has 1 aliphatic heterocycles. The molecule has 7 heteroatoms. The Balaban J connectivity index is 1.66. The van der Waals surface area contributed by atoms with Gasteiger partial charge in [0.2, 0.25) is 6.79 Å². The number of fused-ring (bicyclic) bond motifs is 1. The highest BCUT2D eigenvalue weighted by Crippen LogP contribution is 2.35. The molecule has 2 aromatic carbocycles. The fraction of sp³-hybridized carbons (Fsp3) is 0.190. The molecule has 144 valence electrons. The van der Waals surface area contributed by atoms with Crippen molar-refractivity contribution in [3.05, 3.63) is 70.5 Å². The summed E-state index contributed by atoms with van der Waals surface area (Å²) in [6.07, 6.45) is 1.85. The Morgan fingerprint density at radius 2 is 2.00 bits per heavy atom. The maximum absolute atomic E-state index is 13.0. The highest BCUT2D eigenvalue weighted by atomic mass is 35.5. The van der Waals surface area contributed by atoms with E-state index < -0.39 is 0 Å². The molecule has 0 fully saturated rings. The number of rotatable bonds is 4. The predicted molar refractivity (Wildman–Crippen MR) is 107 cm³/mol. The van der Waals surface area contributed by atoms with E-state index in [0.29, 0.717) is 33.5 Å². The molecular weight excluding hydrogens is 380 g/mol. The molecule has 0 unspecified atom stereocenters. The van der Waals surface area contributed by atoms with E-state index in [1.165, 1.54) is 0 Å². The summed E-state index contributed by atoms with van der Waals surface area (Å²) in [6.45, 7) is 1.87. The van der Waals surface area contributed by atoms with Crippen molar-refractivity contribution in [2.75, 3.05) is 18.7 Å². The van der Waals surface area contributed by atoms with Gasteiger partial charge in [-0.3, -0.25) is 4.79 Å². The number of amides is 1. The van der Waals surface area contributed by atoms with Crippen LogP contribution in [0.15, 0.2) is 48.7 Å². The lowest BCUT2D eigenvalue weighted by molar-refractivity contribution is 0.0993. The van der Waals surface area contributed by atoms with E-state index in [4.69, 9.17) is 21.1 Å². The van der Waals surface area contributed by atoms with Gasteiger partial charge in [0, 0.05) is 36.2 Å². The van der Waals surface area contributed by atoms with E-state index in [1.807, 2.05) is 25.3 Å². The van der Waals surface area contributed by atoms with Crippen LogP contribution in [0, 0.1) is 6.92 Å². The van der Waals surface area contributed by atoms with Crippen LogP contribution in [0.1, 0.15) is 21.6 Å². The summed E-state index contributed by atoms with van der Waals surface area (Å²) in [5, 5.41) is 10.2. The van der Waals surface area contributed by atoms with E-state index in [1.54, 1.807) is 46.8 Å². The minimum absolute atomic E-state index is 0.166. The van der Waals surface area contributed by atoms with Gasteiger partial charge >= 0.3 is 0 Å². The first-order valence-corrected chi connectivity index (χ1v) is 9.12. The molecule has 0 aliphatic carbocycles. The van der Waals surface area contributed by atoms with Crippen molar-refractivity contribution in [3.8, 4) is 17.2 Å². The predicted octanol–water partition coefficient (Wildman–Crippen LogP) is 3.94. The van der Waals surface area contributed by atoms with Crippen molar-refractivity contribution >= 4 is 23.2 Å². The number of anilines is 1. The van der Waals surface area contributed by atoms with E-state index in [-0.39, 0.29) is 19.3 Å². The standard InChI is InChI=1S/C21H19ClN2O4/c1-13-10-24(17(11-25)20(13)22)16-5-3-4-14(8-16)21(26)23(2)15-6-7-18-19(9-15)28-12-27-18/h3-10,25H,11-12H2,1-2H3. The molecule has 4 rings (SSSR count). The van der Waals surface area contributed by atoms with Gasteiger partial charge in [0.05, 0.1) is 17.3 Å². The summed E-state index contributed by atoms with van der Waals surface area (Å²) < 4.78 is 12.5. The molecular formula is C21H19ClN2O4. The number of aryl methyl sites for hydroxylation is 1. The average Bonchev–Trinajstić information content (AvgIpc) is 3.30. The van der Waals surface area contributed by atoms with Gasteiger partial charge < -0.3 is 24.0 Å². The molecule has 1 aliphatic rings. The molecule has 1 N–H and O–H groups in total. The Bertz CT molecular complexity index is 1060. The van der Waals surface area contributed by atoms with Crippen LogP contribution in [-0.4, -0.2) is 29.4 Å². The van der Waals surface area contributed by atoms with Crippen LogP contribution in [0.25, 0.3) is 5.69 Å². The largest absolute Gasteiger partial charge is 0.454 e. The summed E-state index contributed by atoms with van der Waals surface area (Å²) >= 11 is 6.27. The fourth-order valence-corrected chi connectivity index (χ4v) is 3.43. The first kappa shape index (κ1) is 18.4. The second-order valence-electron chi connectivity index (χ2n) is 6.55. The normalized spacial score (nSPS) is 12.3. The van der Waals surface area contributed by atoms with Crippen molar-refractivity contribution in [2.24, 2.45) is 0 Å². The van der Waals surface area contributed by atoms with Crippen LogP contribution in [0.2, 0.25) is 5.02 Å². The first-order chi connectivity index (χ1) is 13.5. The molecule has 0 atom stereocenters. The third-order valence-electron chi connectivity index (χ3n) is 4.78. The first-order valence-electron chi connectivity index (χ1n) is 8.75. The molecule has 0 spiro atoms. The lowest BCUT2D eigenvalue weighted by atomic mass is 10.1. The third-order valence-corrected chi connectivity index (χ3v) is 5.30. The number of benzene rings is 2. The van der Waals surface area contributed by atoms with Crippen LogP contribution in [0.5, 0.6) is 11.5 Å². The minimum Gasteiger partial charge on any atom is -0.454 e. The van der Waals surface area contributed by atoms with Gasteiger partial charge in [-0.25, -0.2) is 0 Å². The Hall–Kier alpha value is -2.96. The number of aliphatic hydroxyl groups excluding tert-OH is 1. The fourth-order valence-electron chi connectivity index (χ4n) is 3.23. The number of aliphatic hydroxyl groups is 1. The highest BCUT2D eigenvalue weighted by Gasteiger charge is 2.19. The summed E-state index contributed by atoms with van der Waals surface area (Å²) in [5.74, 6) is 1.13.